The van der Waals surface area contributed by atoms with Gasteiger partial charge < -0.3 is 10.4 Å². The molecular formula is C17H26N2O2. The largest absolute Gasteiger partial charge is 0.395 e. The molecule has 2 unspecified atom stereocenters. The third kappa shape index (κ3) is 3.63. The lowest BCUT2D eigenvalue weighted by Gasteiger charge is -2.24. The smallest absolute Gasteiger partial charge is 0.238 e. The first-order chi connectivity index (χ1) is 10.1. The Balaban J connectivity index is 2.03. The molecule has 4 heteroatoms. The molecule has 1 amide bonds. The minimum Gasteiger partial charge on any atom is -0.395 e. The van der Waals surface area contributed by atoms with Crippen LogP contribution in [0.4, 0.5) is 5.69 Å². The normalized spacial score (nSPS) is 22.5. The van der Waals surface area contributed by atoms with Crippen molar-refractivity contribution in [1.82, 2.24) is 4.90 Å². The van der Waals surface area contributed by atoms with Gasteiger partial charge >= 0.3 is 0 Å². The van der Waals surface area contributed by atoms with Crippen molar-refractivity contribution in [1.29, 1.82) is 0 Å². The third-order valence-electron chi connectivity index (χ3n) is 4.54. The molecule has 1 aliphatic rings. The predicted octanol–water partition coefficient (Wildman–Crippen LogP) is 2.20. The molecule has 0 spiro atoms. The van der Waals surface area contributed by atoms with E-state index in [1.54, 1.807) is 0 Å². The maximum atomic E-state index is 12.3. The average molecular weight is 290 g/mol. The number of hydrogen-bond donors (Lipinski definition) is 2. The van der Waals surface area contributed by atoms with Gasteiger partial charge in [-0.2, -0.15) is 0 Å². The van der Waals surface area contributed by atoms with E-state index in [0.29, 0.717) is 12.5 Å². The molecule has 116 valence electrons. The number of rotatable bonds is 5. The molecule has 2 atom stereocenters. The number of aliphatic hydroxyl groups excluding tert-OH is 1. The molecule has 4 nitrogen and oxygen atoms in total. The molecule has 0 saturated carbocycles. The SMILES string of the molecule is CCc1cccc(C)c1NC(=O)CN1CCC(C)C1CO. The highest BCUT2D eigenvalue weighted by Gasteiger charge is 2.31. The van der Waals surface area contributed by atoms with E-state index in [2.05, 4.69) is 30.1 Å². The van der Waals surface area contributed by atoms with Gasteiger partial charge in [-0.1, -0.05) is 32.0 Å². The molecule has 0 bridgehead atoms. The number of para-hydroxylation sites is 1. The molecule has 0 aromatic heterocycles. The monoisotopic (exact) mass is 290 g/mol. The van der Waals surface area contributed by atoms with Crippen molar-refractivity contribution in [2.24, 2.45) is 5.92 Å². The summed E-state index contributed by atoms with van der Waals surface area (Å²) < 4.78 is 0. The number of benzene rings is 1. The molecule has 1 fully saturated rings. The summed E-state index contributed by atoms with van der Waals surface area (Å²) in [6.07, 6.45) is 1.94. The second-order valence-electron chi connectivity index (χ2n) is 6.00. The van der Waals surface area contributed by atoms with Crippen molar-refractivity contribution in [3.63, 3.8) is 0 Å². The molecule has 0 radical (unpaired) electrons. The van der Waals surface area contributed by atoms with Crippen molar-refractivity contribution >= 4 is 11.6 Å². The van der Waals surface area contributed by atoms with Crippen LogP contribution in [0.5, 0.6) is 0 Å². The summed E-state index contributed by atoms with van der Waals surface area (Å²) >= 11 is 0. The highest BCUT2D eigenvalue weighted by atomic mass is 16.3. The van der Waals surface area contributed by atoms with E-state index in [4.69, 9.17) is 0 Å². The minimum atomic E-state index is 0.00606. The fraction of sp³-hybridized carbons (Fsp3) is 0.588. The lowest BCUT2D eigenvalue weighted by Crippen LogP contribution is -2.40. The lowest BCUT2D eigenvalue weighted by molar-refractivity contribution is -0.117. The van der Waals surface area contributed by atoms with Crippen LogP contribution in [-0.4, -0.2) is 41.7 Å². The van der Waals surface area contributed by atoms with Gasteiger partial charge in [0, 0.05) is 11.7 Å². The highest BCUT2D eigenvalue weighted by molar-refractivity contribution is 5.93. The van der Waals surface area contributed by atoms with Crippen LogP contribution in [0.1, 0.15) is 31.4 Å². The zero-order valence-electron chi connectivity index (χ0n) is 13.2. The Morgan fingerprint density at radius 2 is 2.24 bits per heavy atom. The number of hydrogen-bond acceptors (Lipinski definition) is 3. The molecule has 1 aliphatic heterocycles. The first-order valence-electron chi connectivity index (χ1n) is 7.80. The van der Waals surface area contributed by atoms with Crippen molar-refractivity contribution in [3.8, 4) is 0 Å². The van der Waals surface area contributed by atoms with E-state index in [1.807, 2.05) is 19.1 Å². The number of aryl methyl sites for hydroxylation is 2. The van der Waals surface area contributed by atoms with E-state index in [1.165, 1.54) is 0 Å². The molecule has 1 heterocycles. The molecular weight excluding hydrogens is 264 g/mol. The van der Waals surface area contributed by atoms with Gasteiger partial charge in [0.05, 0.1) is 13.2 Å². The van der Waals surface area contributed by atoms with E-state index in [-0.39, 0.29) is 18.6 Å². The third-order valence-corrected chi connectivity index (χ3v) is 4.54. The Bertz CT molecular complexity index is 502. The summed E-state index contributed by atoms with van der Waals surface area (Å²) in [5, 5.41) is 12.5. The van der Waals surface area contributed by atoms with Crippen LogP contribution in [0, 0.1) is 12.8 Å². The van der Waals surface area contributed by atoms with Crippen LogP contribution in [0.3, 0.4) is 0 Å². The zero-order valence-corrected chi connectivity index (χ0v) is 13.2. The number of aliphatic hydroxyl groups is 1. The number of carbonyl (C=O) groups is 1. The lowest BCUT2D eigenvalue weighted by atomic mass is 10.0. The Hall–Kier alpha value is -1.39. The van der Waals surface area contributed by atoms with Crippen molar-refractivity contribution < 1.29 is 9.90 Å². The Labute approximate surface area is 127 Å². The molecule has 2 N–H and O–H groups in total. The standard InChI is InChI=1S/C17H26N2O2/c1-4-14-7-5-6-13(3)17(14)18-16(21)10-19-9-8-12(2)15(19)11-20/h5-7,12,15,20H,4,8-11H2,1-3H3,(H,18,21). The molecule has 0 aliphatic carbocycles. The van der Waals surface area contributed by atoms with Crippen molar-refractivity contribution in [2.75, 3.05) is 25.0 Å². The Kier molecular flexibility index (Phi) is 5.37. The molecule has 1 aromatic carbocycles. The van der Waals surface area contributed by atoms with Crippen LogP contribution < -0.4 is 5.32 Å². The minimum absolute atomic E-state index is 0.00606. The summed E-state index contributed by atoms with van der Waals surface area (Å²) in [7, 11) is 0. The first kappa shape index (κ1) is 16.0. The molecule has 2 rings (SSSR count). The Morgan fingerprint density at radius 3 is 2.90 bits per heavy atom. The van der Waals surface area contributed by atoms with Crippen LogP contribution in [0.25, 0.3) is 0 Å². The van der Waals surface area contributed by atoms with E-state index >= 15 is 0 Å². The van der Waals surface area contributed by atoms with Crippen molar-refractivity contribution in [2.45, 2.75) is 39.7 Å². The number of carbonyl (C=O) groups excluding carboxylic acids is 1. The quantitative estimate of drug-likeness (QED) is 0.874. The number of likely N-dealkylation sites (tertiary alicyclic amines) is 1. The van der Waals surface area contributed by atoms with Crippen LogP contribution in [-0.2, 0) is 11.2 Å². The van der Waals surface area contributed by atoms with Gasteiger partial charge in [0.1, 0.15) is 0 Å². The summed E-state index contributed by atoms with van der Waals surface area (Å²) in [6, 6.07) is 6.20. The zero-order chi connectivity index (χ0) is 15.4. The fourth-order valence-electron chi connectivity index (χ4n) is 3.14. The summed E-state index contributed by atoms with van der Waals surface area (Å²) in [6.45, 7) is 7.60. The predicted molar refractivity (Wildman–Crippen MR) is 85.4 cm³/mol. The van der Waals surface area contributed by atoms with Gasteiger partial charge in [0.2, 0.25) is 5.91 Å². The van der Waals surface area contributed by atoms with Gasteiger partial charge in [0.15, 0.2) is 0 Å². The summed E-state index contributed by atoms with van der Waals surface area (Å²) in [4.78, 5) is 14.4. The molecule has 21 heavy (non-hydrogen) atoms. The summed E-state index contributed by atoms with van der Waals surface area (Å²) in [5.41, 5.74) is 3.20. The van der Waals surface area contributed by atoms with Gasteiger partial charge in [0.25, 0.3) is 0 Å². The van der Waals surface area contributed by atoms with E-state index in [0.717, 1.165) is 36.2 Å². The van der Waals surface area contributed by atoms with E-state index in [9.17, 15) is 9.90 Å². The van der Waals surface area contributed by atoms with Crippen molar-refractivity contribution in [3.05, 3.63) is 29.3 Å². The highest BCUT2D eigenvalue weighted by Crippen LogP contribution is 2.24. The van der Waals surface area contributed by atoms with Gasteiger partial charge in [-0.05, 0) is 43.4 Å². The van der Waals surface area contributed by atoms with Gasteiger partial charge in [-0.25, -0.2) is 0 Å². The van der Waals surface area contributed by atoms with Crippen LogP contribution in [0.2, 0.25) is 0 Å². The molecule has 1 saturated heterocycles. The number of nitrogens with zero attached hydrogens (tertiary/aromatic N) is 1. The van der Waals surface area contributed by atoms with E-state index < -0.39 is 0 Å². The second-order valence-corrected chi connectivity index (χ2v) is 6.00. The topological polar surface area (TPSA) is 52.6 Å². The van der Waals surface area contributed by atoms with Gasteiger partial charge in [-0.15, -0.1) is 0 Å². The first-order valence-corrected chi connectivity index (χ1v) is 7.80. The number of nitrogens with one attached hydrogen (secondary N) is 1. The Morgan fingerprint density at radius 1 is 1.48 bits per heavy atom. The van der Waals surface area contributed by atoms with Crippen LogP contribution >= 0.6 is 0 Å². The van der Waals surface area contributed by atoms with Crippen LogP contribution in [0.15, 0.2) is 18.2 Å². The average Bonchev–Trinajstić information content (AvgIpc) is 2.81. The summed E-state index contributed by atoms with van der Waals surface area (Å²) in [5.74, 6) is 0.457. The second kappa shape index (κ2) is 7.05. The van der Waals surface area contributed by atoms with Gasteiger partial charge in [-0.3, -0.25) is 9.69 Å². The fourth-order valence-corrected chi connectivity index (χ4v) is 3.14. The number of amides is 1. The number of anilines is 1. The molecule has 1 aromatic rings. The maximum absolute atomic E-state index is 12.3. The maximum Gasteiger partial charge on any atom is 0.238 e.